The Balaban J connectivity index is 1.58. The van der Waals surface area contributed by atoms with Gasteiger partial charge in [0.05, 0.1) is 36.5 Å². The average molecular weight is 441 g/mol. The molecule has 1 aliphatic rings. The summed E-state index contributed by atoms with van der Waals surface area (Å²) in [7, 11) is 1.67. The molecular formula is C23H16FN7O2. The fourth-order valence-corrected chi connectivity index (χ4v) is 4.36. The van der Waals surface area contributed by atoms with Crippen molar-refractivity contribution in [2.24, 2.45) is 7.05 Å². The van der Waals surface area contributed by atoms with Gasteiger partial charge in [0, 0.05) is 25.1 Å². The van der Waals surface area contributed by atoms with Crippen molar-refractivity contribution in [1.29, 1.82) is 0 Å². The van der Waals surface area contributed by atoms with Gasteiger partial charge in [-0.1, -0.05) is 12.1 Å². The molecular weight excluding hydrogens is 425 g/mol. The highest BCUT2D eigenvalue weighted by atomic mass is 19.1. The Kier molecular flexibility index (Phi) is 4.07. The summed E-state index contributed by atoms with van der Waals surface area (Å²) in [6.07, 6.45) is 3.74. The Hall–Kier alpha value is -4.52. The van der Waals surface area contributed by atoms with E-state index >= 15 is 0 Å². The summed E-state index contributed by atoms with van der Waals surface area (Å²) in [4.78, 5) is 30.3. The molecule has 0 aliphatic carbocycles. The van der Waals surface area contributed by atoms with Crippen LogP contribution in [0.25, 0.3) is 33.0 Å². The first-order valence-electron chi connectivity index (χ1n) is 10.3. The minimum atomic E-state index is -0.393. The average Bonchev–Trinajstić information content (AvgIpc) is 3.36. The third-order valence-electron chi connectivity index (χ3n) is 5.99. The van der Waals surface area contributed by atoms with Crippen LogP contribution in [0.15, 0.2) is 53.7 Å². The monoisotopic (exact) mass is 441 g/mol. The van der Waals surface area contributed by atoms with Gasteiger partial charge in [-0.05, 0) is 18.2 Å². The minimum absolute atomic E-state index is 0.246. The lowest BCUT2D eigenvalue weighted by atomic mass is 10.0. The van der Waals surface area contributed by atoms with Gasteiger partial charge in [-0.2, -0.15) is 4.98 Å². The van der Waals surface area contributed by atoms with Crippen LogP contribution >= 0.6 is 0 Å². The van der Waals surface area contributed by atoms with Crippen molar-refractivity contribution in [3.8, 4) is 11.7 Å². The number of imidazole rings is 2. The molecule has 6 rings (SSSR count). The van der Waals surface area contributed by atoms with Gasteiger partial charge in [0.15, 0.2) is 11.3 Å². The van der Waals surface area contributed by atoms with E-state index in [1.54, 1.807) is 53.0 Å². The molecule has 162 valence electrons. The molecule has 0 radical (unpaired) electrons. The van der Waals surface area contributed by atoms with E-state index in [4.69, 9.17) is 16.3 Å². The van der Waals surface area contributed by atoms with Gasteiger partial charge < -0.3 is 4.74 Å². The zero-order valence-electron chi connectivity index (χ0n) is 17.4. The molecule has 33 heavy (non-hydrogen) atoms. The van der Waals surface area contributed by atoms with E-state index in [1.807, 2.05) is 0 Å². The number of aromatic nitrogens is 6. The van der Waals surface area contributed by atoms with Crippen molar-refractivity contribution in [1.82, 2.24) is 28.7 Å². The molecule has 10 heteroatoms. The molecule has 2 aromatic carbocycles. The molecule has 0 saturated carbocycles. The Morgan fingerprint density at radius 3 is 2.91 bits per heavy atom. The number of aryl methyl sites for hydroxylation is 1. The maximum Gasteiger partial charge on any atom is 0.330 e. The van der Waals surface area contributed by atoms with E-state index in [9.17, 15) is 9.18 Å². The van der Waals surface area contributed by atoms with Crippen LogP contribution in [0.5, 0.6) is 5.75 Å². The smallest absolute Gasteiger partial charge is 0.330 e. The Morgan fingerprint density at radius 2 is 2.06 bits per heavy atom. The van der Waals surface area contributed by atoms with E-state index in [2.05, 4.69) is 14.8 Å². The second-order valence-electron chi connectivity index (χ2n) is 7.82. The maximum absolute atomic E-state index is 13.8. The van der Waals surface area contributed by atoms with Crippen molar-refractivity contribution in [3.63, 3.8) is 0 Å². The summed E-state index contributed by atoms with van der Waals surface area (Å²) < 4.78 is 24.2. The first-order valence-corrected chi connectivity index (χ1v) is 10.3. The molecule has 1 aliphatic heterocycles. The molecule has 0 spiro atoms. The van der Waals surface area contributed by atoms with Gasteiger partial charge in [-0.25, -0.2) is 24.0 Å². The first kappa shape index (κ1) is 19.2. The lowest BCUT2D eigenvalue weighted by Gasteiger charge is -2.26. The number of nitrogens with zero attached hydrogens (tertiary/aromatic N) is 7. The second kappa shape index (κ2) is 7.00. The Bertz CT molecular complexity index is 1670. The number of hydrogen-bond acceptors (Lipinski definition) is 5. The van der Waals surface area contributed by atoms with Crippen LogP contribution in [0.4, 0.5) is 10.1 Å². The third kappa shape index (κ3) is 2.82. The van der Waals surface area contributed by atoms with Crippen molar-refractivity contribution in [2.75, 3.05) is 6.61 Å². The molecule has 9 nitrogen and oxygen atoms in total. The molecule has 0 unspecified atom stereocenters. The van der Waals surface area contributed by atoms with Crippen LogP contribution in [0.2, 0.25) is 0 Å². The van der Waals surface area contributed by atoms with E-state index in [0.717, 1.165) is 5.56 Å². The van der Waals surface area contributed by atoms with Gasteiger partial charge >= 0.3 is 5.69 Å². The van der Waals surface area contributed by atoms with E-state index in [0.29, 0.717) is 52.6 Å². The van der Waals surface area contributed by atoms with Crippen LogP contribution in [-0.4, -0.2) is 35.3 Å². The minimum Gasteiger partial charge on any atom is -0.493 e. The largest absolute Gasteiger partial charge is 0.493 e. The summed E-state index contributed by atoms with van der Waals surface area (Å²) in [5, 5.41) is 0. The van der Waals surface area contributed by atoms with Crippen molar-refractivity contribution in [2.45, 2.75) is 12.5 Å². The van der Waals surface area contributed by atoms with Crippen LogP contribution in [0.3, 0.4) is 0 Å². The topological polar surface area (TPSA) is 84.1 Å². The summed E-state index contributed by atoms with van der Waals surface area (Å²) in [5.74, 6) is 0.365. The van der Waals surface area contributed by atoms with E-state index < -0.39 is 5.82 Å². The predicted octanol–water partition coefficient (Wildman–Crippen LogP) is 3.53. The van der Waals surface area contributed by atoms with Gasteiger partial charge in [-0.15, -0.1) is 0 Å². The Morgan fingerprint density at radius 1 is 1.18 bits per heavy atom. The molecule has 0 bridgehead atoms. The van der Waals surface area contributed by atoms with Gasteiger partial charge in [0.2, 0.25) is 5.95 Å². The van der Waals surface area contributed by atoms with E-state index in [1.165, 1.54) is 16.7 Å². The highest BCUT2D eigenvalue weighted by molar-refractivity contribution is 5.81. The van der Waals surface area contributed by atoms with Crippen molar-refractivity contribution in [3.05, 3.63) is 82.2 Å². The normalized spacial score (nSPS) is 15.4. The maximum atomic E-state index is 13.8. The molecule has 3 aromatic heterocycles. The van der Waals surface area contributed by atoms with Gasteiger partial charge in [0.1, 0.15) is 23.4 Å². The molecule has 5 aromatic rings. The SMILES string of the molecule is [C-]#[N+]c1ccc2ncn(-c3ncc4c(n3)n([C@@H]3CCOc5cc(F)ccc53)c(=O)n4C)c2c1. The standard InChI is InChI=1S/C23H16FN7O2/c1-25-14-4-6-16-18(10-14)30(12-27-16)22-26-11-19-21(28-22)31(23(32)29(19)2)17-7-8-33-20-9-13(24)3-5-15(17)20/h3-6,9-12,17H,7-8H2,2H3/t17-/m1/s1. The Labute approximate surface area is 186 Å². The zero-order valence-corrected chi connectivity index (χ0v) is 17.4. The fourth-order valence-electron chi connectivity index (χ4n) is 4.36. The van der Waals surface area contributed by atoms with Crippen LogP contribution in [-0.2, 0) is 7.05 Å². The van der Waals surface area contributed by atoms with Crippen molar-refractivity contribution >= 4 is 27.9 Å². The summed E-state index contributed by atoms with van der Waals surface area (Å²) >= 11 is 0. The van der Waals surface area contributed by atoms with Gasteiger partial charge in [0.25, 0.3) is 0 Å². The number of hydrogen-bond donors (Lipinski definition) is 0. The first-order chi connectivity index (χ1) is 16.0. The summed E-state index contributed by atoms with van der Waals surface area (Å²) in [6.45, 7) is 7.64. The zero-order chi connectivity index (χ0) is 22.7. The van der Waals surface area contributed by atoms with E-state index in [-0.39, 0.29) is 11.7 Å². The predicted molar refractivity (Wildman–Crippen MR) is 118 cm³/mol. The molecule has 0 amide bonds. The number of benzene rings is 2. The number of rotatable bonds is 2. The third-order valence-corrected chi connectivity index (χ3v) is 5.99. The van der Waals surface area contributed by atoms with Gasteiger partial charge in [-0.3, -0.25) is 13.7 Å². The van der Waals surface area contributed by atoms with Crippen LogP contribution in [0.1, 0.15) is 18.0 Å². The molecule has 0 saturated heterocycles. The van der Waals surface area contributed by atoms with Crippen molar-refractivity contribution < 1.29 is 9.13 Å². The number of ether oxygens (including phenoxy) is 1. The lowest BCUT2D eigenvalue weighted by Crippen LogP contribution is -2.30. The highest BCUT2D eigenvalue weighted by Gasteiger charge is 2.28. The van der Waals surface area contributed by atoms with Crippen LogP contribution < -0.4 is 10.4 Å². The quantitative estimate of drug-likeness (QED) is 0.392. The van der Waals surface area contributed by atoms with Crippen LogP contribution in [0, 0.1) is 12.4 Å². The number of halogens is 1. The summed E-state index contributed by atoms with van der Waals surface area (Å²) in [5.41, 5.74) is 3.39. The summed E-state index contributed by atoms with van der Waals surface area (Å²) in [6, 6.07) is 9.20. The highest BCUT2D eigenvalue weighted by Crippen LogP contribution is 2.36. The second-order valence-corrected chi connectivity index (χ2v) is 7.82. The molecule has 0 fully saturated rings. The molecule has 0 N–H and O–H groups in total. The molecule has 1 atom stereocenters. The fraction of sp³-hybridized carbons (Fsp3) is 0.174. The molecule has 4 heterocycles. The lowest BCUT2D eigenvalue weighted by molar-refractivity contribution is 0.254. The number of fused-ring (bicyclic) bond motifs is 3.